The number of halogens is 2. The molecular formula is C13H18Br2N2S. The molecule has 2 aliphatic rings. The Hall–Kier alpha value is 0.580. The van der Waals surface area contributed by atoms with Gasteiger partial charge in [-0.05, 0) is 50.3 Å². The zero-order chi connectivity index (χ0) is 12.5. The number of piperazine rings is 1. The van der Waals surface area contributed by atoms with Crippen LogP contribution in [0.5, 0.6) is 0 Å². The second-order valence-corrected chi connectivity index (χ2v) is 8.51. The predicted octanol–water partition coefficient (Wildman–Crippen LogP) is 4.02. The van der Waals surface area contributed by atoms with Gasteiger partial charge >= 0.3 is 0 Å². The van der Waals surface area contributed by atoms with Crippen molar-refractivity contribution in [2.24, 2.45) is 5.92 Å². The summed E-state index contributed by atoms with van der Waals surface area (Å²) in [7, 11) is 0. The van der Waals surface area contributed by atoms with Gasteiger partial charge in [0.2, 0.25) is 0 Å². The van der Waals surface area contributed by atoms with E-state index in [-0.39, 0.29) is 0 Å². The van der Waals surface area contributed by atoms with E-state index in [0.717, 1.165) is 19.0 Å². The standard InChI is InChI=1S/C13H18Br2N2S/c14-10-8-12(18-13(10)15)11(7-9-1-2-9)17-5-3-16-4-6-17/h8-9,11,16H,1-7H2/t11-/m0/s1. The molecule has 0 radical (unpaired) electrons. The fourth-order valence-corrected chi connectivity index (χ4v) is 4.87. The zero-order valence-electron chi connectivity index (χ0n) is 10.3. The number of rotatable bonds is 4. The molecule has 2 nitrogen and oxygen atoms in total. The largest absolute Gasteiger partial charge is 0.314 e. The quantitative estimate of drug-likeness (QED) is 0.830. The summed E-state index contributed by atoms with van der Waals surface area (Å²) in [5, 5.41) is 3.45. The van der Waals surface area contributed by atoms with Crippen molar-refractivity contribution in [3.05, 3.63) is 19.2 Å². The average Bonchev–Trinajstić information content (AvgIpc) is 3.14. The summed E-state index contributed by atoms with van der Waals surface area (Å²) < 4.78 is 2.44. The highest BCUT2D eigenvalue weighted by molar-refractivity contribution is 9.13. The van der Waals surface area contributed by atoms with Crippen LogP contribution in [0.15, 0.2) is 14.3 Å². The maximum Gasteiger partial charge on any atom is 0.0843 e. The van der Waals surface area contributed by atoms with Crippen molar-refractivity contribution in [3.63, 3.8) is 0 Å². The molecule has 2 heterocycles. The van der Waals surface area contributed by atoms with E-state index in [9.17, 15) is 0 Å². The van der Waals surface area contributed by atoms with Crippen LogP contribution in [0.25, 0.3) is 0 Å². The summed E-state index contributed by atoms with van der Waals surface area (Å²) in [6, 6.07) is 2.94. The first-order valence-corrected chi connectivity index (χ1v) is 9.04. The van der Waals surface area contributed by atoms with Crippen molar-refractivity contribution in [1.82, 2.24) is 10.2 Å². The number of thiophene rings is 1. The number of hydrogen-bond donors (Lipinski definition) is 1. The molecular weight excluding hydrogens is 376 g/mol. The number of nitrogens with zero attached hydrogens (tertiary/aromatic N) is 1. The van der Waals surface area contributed by atoms with E-state index in [1.807, 2.05) is 11.3 Å². The Bertz CT molecular complexity index is 392. The van der Waals surface area contributed by atoms with Crippen LogP contribution in [0, 0.1) is 5.92 Å². The lowest BCUT2D eigenvalue weighted by atomic mass is 10.1. The molecule has 18 heavy (non-hydrogen) atoms. The number of hydrogen-bond acceptors (Lipinski definition) is 3. The maximum absolute atomic E-state index is 3.63. The van der Waals surface area contributed by atoms with Gasteiger partial charge in [0.1, 0.15) is 0 Å². The van der Waals surface area contributed by atoms with Gasteiger partial charge in [-0.25, -0.2) is 0 Å². The van der Waals surface area contributed by atoms with Crippen LogP contribution in [0.3, 0.4) is 0 Å². The molecule has 1 atom stereocenters. The molecule has 0 aromatic carbocycles. The minimum absolute atomic E-state index is 0.632. The van der Waals surface area contributed by atoms with Gasteiger partial charge in [0.15, 0.2) is 0 Å². The first kappa shape index (κ1) is 13.6. The van der Waals surface area contributed by atoms with Crippen molar-refractivity contribution < 1.29 is 0 Å². The number of nitrogens with one attached hydrogen (secondary N) is 1. The molecule has 2 fully saturated rings. The topological polar surface area (TPSA) is 15.3 Å². The molecule has 1 aliphatic heterocycles. The first-order chi connectivity index (χ1) is 8.74. The molecule has 1 aliphatic carbocycles. The highest BCUT2D eigenvalue weighted by Gasteiger charge is 2.31. The van der Waals surface area contributed by atoms with E-state index in [4.69, 9.17) is 0 Å². The summed E-state index contributed by atoms with van der Waals surface area (Å²) >= 11 is 9.15. The molecule has 1 aromatic rings. The molecule has 100 valence electrons. The molecule has 0 unspecified atom stereocenters. The molecule has 1 saturated carbocycles. The van der Waals surface area contributed by atoms with Gasteiger partial charge in [-0.15, -0.1) is 11.3 Å². The second-order valence-electron chi connectivity index (χ2n) is 5.25. The first-order valence-electron chi connectivity index (χ1n) is 6.63. The summed E-state index contributed by atoms with van der Waals surface area (Å²) in [6.45, 7) is 4.64. The highest BCUT2D eigenvalue weighted by Crippen LogP contribution is 2.44. The summed E-state index contributed by atoms with van der Waals surface area (Å²) in [5.41, 5.74) is 0. The molecule has 1 saturated heterocycles. The Morgan fingerprint density at radius 2 is 2.06 bits per heavy atom. The fourth-order valence-electron chi connectivity index (χ4n) is 2.64. The molecule has 1 aromatic heterocycles. The third-order valence-corrected chi connectivity index (χ3v) is 7.20. The highest BCUT2D eigenvalue weighted by atomic mass is 79.9. The minimum atomic E-state index is 0.632. The van der Waals surface area contributed by atoms with Crippen LogP contribution in [-0.2, 0) is 0 Å². The van der Waals surface area contributed by atoms with Gasteiger partial charge in [0, 0.05) is 41.6 Å². The predicted molar refractivity (Wildman–Crippen MR) is 84.2 cm³/mol. The van der Waals surface area contributed by atoms with Gasteiger partial charge in [0.05, 0.1) is 3.79 Å². The third-order valence-electron chi connectivity index (χ3n) is 3.84. The van der Waals surface area contributed by atoms with Gasteiger partial charge < -0.3 is 5.32 Å². The lowest BCUT2D eigenvalue weighted by Crippen LogP contribution is -2.45. The molecule has 0 bridgehead atoms. The van der Waals surface area contributed by atoms with Crippen molar-refractivity contribution in [2.45, 2.75) is 25.3 Å². The SMILES string of the molecule is Brc1cc([C@H](CC2CC2)N2CCNCC2)sc1Br. The summed E-state index contributed by atoms with van der Waals surface area (Å²) in [5.74, 6) is 0.976. The lowest BCUT2D eigenvalue weighted by molar-refractivity contribution is 0.163. The van der Waals surface area contributed by atoms with Crippen molar-refractivity contribution >= 4 is 43.2 Å². The van der Waals surface area contributed by atoms with Crippen LogP contribution in [0.2, 0.25) is 0 Å². The van der Waals surface area contributed by atoms with E-state index in [2.05, 4.69) is 48.1 Å². The second kappa shape index (κ2) is 5.92. The summed E-state index contributed by atoms with van der Waals surface area (Å²) in [4.78, 5) is 4.18. The van der Waals surface area contributed by atoms with Crippen molar-refractivity contribution in [3.8, 4) is 0 Å². The summed E-state index contributed by atoms with van der Waals surface area (Å²) in [6.07, 6.45) is 4.23. The minimum Gasteiger partial charge on any atom is -0.314 e. The Labute approximate surface area is 129 Å². The van der Waals surface area contributed by atoms with E-state index < -0.39 is 0 Å². The van der Waals surface area contributed by atoms with Crippen molar-refractivity contribution in [1.29, 1.82) is 0 Å². The Morgan fingerprint density at radius 1 is 1.33 bits per heavy atom. The van der Waals surface area contributed by atoms with Crippen LogP contribution in [0.1, 0.15) is 30.2 Å². The molecule has 1 N–H and O–H groups in total. The zero-order valence-corrected chi connectivity index (χ0v) is 14.3. The van der Waals surface area contributed by atoms with Gasteiger partial charge in [-0.3, -0.25) is 4.90 Å². The Kier molecular flexibility index (Phi) is 4.46. The van der Waals surface area contributed by atoms with Crippen LogP contribution < -0.4 is 5.32 Å². The van der Waals surface area contributed by atoms with Gasteiger partial charge in [-0.1, -0.05) is 12.8 Å². The smallest absolute Gasteiger partial charge is 0.0843 e. The average molecular weight is 394 g/mol. The molecule has 3 rings (SSSR count). The monoisotopic (exact) mass is 392 g/mol. The van der Waals surface area contributed by atoms with E-state index in [1.165, 1.54) is 45.5 Å². The van der Waals surface area contributed by atoms with Gasteiger partial charge in [0.25, 0.3) is 0 Å². The molecule has 0 amide bonds. The lowest BCUT2D eigenvalue weighted by Gasteiger charge is -2.34. The maximum atomic E-state index is 3.63. The van der Waals surface area contributed by atoms with Crippen molar-refractivity contribution in [2.75, 3.05) is 26.2 Å². The Balaban J connectivity index is 1.78. The van der Waals surface area contributed by atoms with Gasteiger partial charge in [-0.2, -0.15) is 0 Å². The van der Waals surface area contributed by atoms with E-state index in [1.54, 1.807) is 0 Å². The fraction of sp³-hybridized carbons (Fsp3) is 0.692. The molecule has 5 heteroatoms. The normalized spacial score (nSPS) is 23.2. The third kappa shape index (κ3) is 3.18. The van der Waals surface area contributed by atoms with E-state index in [0.29, 0.717) is 6.04 Å². The molecule has 0 spiro atoms. The van der Waals surface area contributed by atoms with E-state index >= 15 is 0 Å². The van der Waals surface area contributed by atoms with Crippen LogP contribution >= 0.6 is 43.2 Å². The van der Waals surface area contributed by atoms with Crippen LogP contribution in [-0.4, -0.2) is 31.1 Å². The Morgan fingerprint density at radius 3 is 2.61 bits per heavy atom. The van der Waals surface area contributed by atoms with Crippen LogP contribution in [0.4, 0.5) is 0 Å².